The van der Waals surface area contributed by atoms with Crippen molar-refractivity contribution in [1.82, 2.24) is 4.90 Å². The van der Waals surface area contributed by atoms with Gasteiger partial charge in [0.15, 0.2) is 0 Å². The summed E-state index contributed by atoms with van der Waals surface area (Å²) in [6.07, 6.45) is 3.00. The smallest absolute Gasteiger partial charge is 0.331 e. The normalized spacial score (nSPS) is 9.94. The van der Waals surface area contributed by atoms with Crippen LogP contribution in [0.1, 0.15) is 11.1 Å². The van der Waals surface area contributed by atoms with Crippen LogP contribution in [0.15, 0.2) is 36.5 Å². The summed E-state index contributed by atoms with van der Waals surface area (Å²) in [5.74, 6) is -0.386. The summed E-state index contributed by atoms with van der Waals surface area (Å²) in [5, 5.41) is 8.77. The van der Waals surface area contributed by atoms with Gasteiger partial charge in [-0.2, -0.15) is 5.26 Å². The van der Waals surface area contributed by atoms with Crippen LogP contribution in [0.5, 0.6) is 0 Å². The number of hydrogen-bond donors (Lipinski definition) is 0. The van der Waals surface area contributed by atoms with Crippen LogP contribution in [0.4, 0.5) is 0 Å². The quantitative estimate of drug-likeness (QED) is 0.583. The molecule has 0 saturated heterocycles. The number of nitrogens with zero attached hydrogens (tertiary/aromatic N) is 2. The third-order valence-electron chi connectivity index (χ3n) is 2.15. The number of esters is 1. The van der Waals surface area contributed by atoms with Crippen molar-refractivity contribution >= 4 is 5.97 Å². The SMILES string of the molecule is COC(=O)C=CN(C)Cc1cccc(C#N)c1. The number of carbonyl (C=O) groups excluding carboxylic acids is 1. The van der Waals surface area contributed by atoms with Crippen LogP contribution >= 0.6 is 0 Å². The fraction of sp³-hybridized carbons (Fsp3) is 0.231. The maximum Gasteiger partial charge on any atom is 0.331 e. The van der Waals surface area contributed by atoms with Crippen molar-refractivity contribution in [1.29, 1.82) is 5.26 Å². The molecule has 0 radical (unpaired) electrons. The molecule has 4 nitrogen and oxygen atoms in total. The first-order valence-electron chi connectivity index (χ1n) is 5.11. The fourth-order valence-electron chi connectivity index (χ4n) is 1.34. The molecule has 17 heavy (non-hydrogen) atoms. The zero-order valence-corrected chi connectivity index (χ0v) is 9.88. The maximum absolute atomic E-state index is 10.9. The van der Waals surface area contributed by atoms with E-state index in [0.717, 1.165) is 5.56 Å². The van der Waals surface area contributed by atoms with Crippen LogP contribution in [0, 0.1) is 11.3 Å². The van der Waals surface area contributed by atoms with E-state index in [9.17, 15) is 4.79 Å². The number of benzene rings is 1. The van der Waals surface area contributed by atoms with E-state index >= 15 is 0 Å². The molecular weight excluding hydrogens is 216 g/mol. The lowest BCUT2D eigenvalue weighted by Gasteiger charge is -2.13. The Hall–Kier alpha value is -2.28. The molecule has 0 saturated carbocycles. The minimum atomic E-state index is -0.386. The topological polar surface area (TPSA) is 53.3 Å². The Kier molecular flexibility index (Phi) is 4.77. The Labute approximate surface area is 101 Å². The summed E-state index contributed by atoms with van der Waals surface area (Å²) < 4.78 is 4.49. The van der Waals surface area contributed by atoms with Gasteiger partial charge >= 0.3 is 5.97 Å². The monoisotopic (exact) mass is 230 g/mol. The number of hydrogen-bond acceptors (Lipinski definition) is 4. The second kappa shape index (κ2) is 6.33. The van der Waals surface area contributed by atoms with E-state index in [2.05, 4.69) is 10.8 Å². The Bertz CT molecular complexity index is 461. The molecule has 0 aliphatic rings. The number of nitriles is 1. The van der Waals surface area contributed by atoms with Gasteiger partial charge in [0.1, 0.15) is 0 Å². The van der Waals surface area contributed by atoms with E-state index in [1.165, 1.54) is 13.2 Å². The van der Waals surface area contributed by atoms with Crippen LogP contribution < -0.4 is 0 Å². The Morgan fingerprint density at radius 1 is 1.59 bits per heavy atom. The second-order valence-corrected chi connectivity index (χ2v) is 3.57. The second-order valence-electron chi connectivity index (χ2n) is 3.57. The van der Waals surface area contributed by atoms with Crippen LogP contribution in [-0.4, -0.2) is 25.0 Å². The van der Waals surface area contributed by atoms with Crippen molar-refractivity contribution in [3.8, 4) is 6.07 Å². The minimum absolute atomic E-state index is 0.386. The molecule has 0 aliphatic carbocycles. The molecule has 0 unspecified atom stereocenters. The molecule has 0 aromatic heterocycles. The molecule has 88 valence electrons. The lowest BCUT2D eigenvalue weighted by atomic mass is 10.1. The lowest BCUT2D eigenvalue weighted by molar-refractivity contribution is -0.134. The van der Waals surface area contributed by atoms with E-state index in [1.807, 2.05) is 30.1 Å². The van der Waals surface area contributed by atoms with Gasteiger partial charge in [-0.25, -0.2) is 4.79 Å². The molecule has 1 aromatic rings. The summed E-state index contributed by atoms with van der Waals surface area (Å²) >= 11 is 0. The lowest BCUT2D eigenvalue weighted by Crippen LogP contribution is -2.11. The third kappa shape index (κ3) is 4.39. The first kappa shape index (κ1) is 12.8. The number of ether oxygens (including phenoxy) is 1. The Balaban J connectivity index is 2.62. The number of rotatable bonds is 4. The van der Waals surface area contributed by atoms with Crippen molar-refractivity contribution in [2.45, 2.75) is 6.54 Å². The largest absolute Gasteiger partial charge is 0.466 e. The summed E-state index contributed by atoms with van der Waals surface area (Å²) in [7, 11) is 3.18. The van der Waals surface area contributed by atoms with E-state index in [1.54, 1.807) is 12.3 Å². The van der Waals surface area contributed by atoms with Crippen molar-refractivity contribution in [3.63, 3.8) is 0 Å². The molecule has 0 N–H and O–H groups in total. The van der Waals surface area contributed by atoms with Gasteiger partial charge in [0.2, 0.25) is 0 Å². The predicted molar refractivity (Wildman–Crippen MR) is 63.8 cm³/mol. The van der Waals surface area contributed by atoms with E-state index in [4.69, 9.17) is 5.26 Å². The molecule has 0 fully saturated rings. The third-order valence-corrected chi connectivity index (χ3v) is 2.15. The molecular formula is C13H14N2O2. The molecule has 0 amide bonds. The van der Waals surface area contributed by atoms with Crippen LogP contribution in [0.25, 0.3) is 0 Å². The van der Waals surface area contributed by atoms with Crippen LogP contribution in [0.2, 0.25) is 0 Å². The van der Waals surface area contributed by atoms with Crippen molar-refractivity contribution in [3.05, 3.63) is 47.7 Å². The average molecular weight is 230 g/mol. The minimum Gasteiger partial charge on any atom is -0.466 e. The van der Waals surface area contributed by atoms with Gasteiger partial charge in [-0.3, -0.25) is 0 Å². The highest BCUT2D eigenvalue weighted by Crippen LogP contribution is 2.06. The van der Waals surface area contributed by atoms with Crippen molar-refractivity contribution in [2.24, 2.45) is 0 Å². The number of carbonyl (C=O) groups is 1. The molecule has 0 spiro atoms. The molecule has 0 heterocycles. The number of methoxy groups -OCH3 is 1. The zero-order chi connectivity index (χ0) is 12.7. The van der Waals surface area contributed by atoms with Gasteiger partial charge in [0.05, 0.1) is 18.7 Å². The first-order chi connectivity index (χ1) is 8.15. The van der Waals surface area contributed by atoms with E-state index < -0.39 is 0 Å². The van der Waals surface area contributed by atoms with Gasteiger partial charge in [0, 0.05) is 25.9 Å². The zero-order valence-electron chi connectivity index (χ0n) is 9.88. The van der Waals surface area contributed by atoms with Crippen molar-refractivity contribution in [2.75, 3.05) is 14.2 Å². The molecule has 0 bridgehead atoms. The molecule has 0 aliphatic heterocycles. The Morgan fingerprint density at radius 2 is 2.35 bits per heavy atom. The van der Waals surface area contributed by atoms with Gasteiger partial charge in [-0.1, -0.05) is 12.1 Å². The first-order valence-corrected chi connectivity index (χ1v) is 5.11. The molecule has 1 aromatic carbocycles. The van der Waals surface area contributed by atoms with E-state index in [-0.39, 0.29) is 5.97 Å². The van der Waals surface area contributed by atoms with Crippen LogP contribution in [0.3, 0.4) is 0 Å². The summed E-state index contributed by atoms with van der Waals surface area (Å²) in [5.41, 5.74) is 1.65. The molecule has 1 rings (SSSR count). The summed E-state index contributed by atoms with van der Waals surface area (Å²) in [6, 6.07) is 9.44. The van der Waals surface area contributed by atoms with Gasteiger partial charge < -0.3 is 9.64 Å². The average Bonchev–Trinajstić information content (AvgIpc) is 2.36. The van der Waals surface area contributed by atoms with Crippen LogP contribution in [-0.2, 0) is 16.1 Å². The highest BCUT2D eigenvalue weighted by molar-refractivity contribution is 5.81. The molecule has 0 atom stereocenters. The van der Waals surface area contributed by atoms with Gasteiger partial charge in [0.25, 0.3) is 0 Å². The fourth-order valence-corrected chi connectivity index (χ4v) is 1.34. The highest BCUT2D eigenvalue weighted by Gasteiger charge is 1.98. The highest BCUT2D eigenvalue weighted by atomic mass is 16.5. The van der Waals surface area contributed by atoms with Gasteiger partial charge in [-0.15, -0.1) is 0 Å². The van der Waals surface area contributed by atoms with E-state index in [0.29, 0.717) is 12.1 Å². The predicted octanol–water partition coefficient (Wildman–Crippen LogP) is 1.68. The standard InChI is InChI=1S/C13H14N2O2/c1-15(7-6-13(16)17-2)10-12-5-3-4-11(8-12)9-14/h3-8H,10H2,1-2H3. The van der Waals surface area contributed by atoms with Crippen molar-refractivity contribution < 1.29 is 9.53 Å². The maximum atomic E-state index is 10.9. The summed E-state index contributed by atoms with van der Waals surface area (Å²) in [4.78, 5) is 12.7. The Morgan fingerprint density at radius 3 is 3.00 bits per heavy atom. The summed E-state index contributed by atoms with van der Waals surface area (Å²) in [6.45, 7) is 0.628. The molecule has 4 heteroatoms. The van der Waals surface area contributed by atoms with Gasteiger partial charge in [-0.05, 0) is 17.7 Å².